The van der Waals surface area contributed by atoms with Crippen LogP contribution in [0.4, 0.5) is 4.79 Å². The van der Waals surface area contributed by atoms with Crippen molar-refractivity contribution in [1.29, 1.82) is 0 Å². The minimum atomic E-state index is -1.51. The number of rotatable bonds is 10. The summed E-state index contributed by atoms with van der Waals surface area (Å²) in [5, 5.41) is 0.909. The summed E-state index contributed by atoms with van der Waals surface area (Å²) in [6.07, 6.45) is -7.85. The Kier molecular flexibility index (Phi) is 16.5. The molecule has 4 heterocycles. The summed E-state index contributed by atoms with van der Waals surface area (Å²) in [6, 6.07) is -1.30. The molecule has 0 radical (unpaired) electrons. The van der Waals surface area contributed by atoms with Crippen LogP contribution in [0.3, 0.4) is 0 Å². The topological polar surface area (TPSA) is 210 Å². The zero-order valence-corrected chi connectivity index (χ0v) is 39.1. The summed E-state index contributed by atoms with van der Waals surface area (Å²) in [6.45, 7) is 20.3. The predicted molar refractivity (Wildman–Crippen MR) is 218 cm³/mol. The zero-order valence-electron chi connectivity index (χ0n) is 39.1. The molecule has 350 valence electrons. The van der Waals surface area contributed by atoms with E-state index in [1.54, 1.807) is 48.5 Å². The second kappa shape index (κ2) is 19.8. The van der Waals surface area contributed by atoms with Gasteiger partial charge in [0.2, 0.25) is 0 Å². The van der Waals surface area contributed by atoms with Crippen molar-refractivity contribution < 1.29 is 71.3 Å². The van der Waals surface area contributed by atoms with Crippen LogP contribution in [0.2, 0.25) is 0 Å². The second-order valence-corrected chi connectivity index (χ2v) is 18.5. The van der Waals surface area contributed by atoms with E-state index in [1.165, 1.54) is 28.1 Å². The van der Waals surface area contributed by atoms with Crippen LogP contribution in [0.25, 0.3) is 0 Å². The highest BCUT2D eigenvalue weighted by atomic mass is 16.7. The van der Waals surface area contributed by atoms with Gasteiger partial charge in [-0.15, -0.1) is 0 Å². The number of ether oxygens (including phenoxy) is 10. The number of nitrogens with two attached hydrogens (primary N) is 1. The van der Waals surface area contributed by atoms with Gasteiger partial charge in [0.15, 0.2) is 30.4 Å². The summed E-state index contributed by atoms with van der Waals surface area (Å²) < 4.78 is 63.0. The number of methoxy groups -OCH3 is 2. The van der Waals surface area contributed by atoms with Gasteiger partial charge in [0, 0.05) is 52.2 Å². The number of cyclic esters (lactones) is 1. The maximum Gasteiger partial charge on any atom is 0.425 e. The molecule has 1 amide bonds. The lowest BCUT2D eigenvalue weighted by molar-refractivity contribution is -0.320. The molecule has 4 aliphatic rings. The van der Waals surface area contributed by atoms with Crippen LogP contribution in [-0.2, 0) is 66.5 Å². The van der Waals surface area contributed by atoms with Gasteiger partial charge in [-0.2, -0.15) is 0 Å². The lowest BCUT2D eigenvalue weighted by Crippen LogP contribution is -2.62. The molecule has 0 aromatic rings. The number of carbonyl (C=O) groups is 5. The maximum absolute atomic E-state index is 14.7. The first-order valence-corrected chi connectivity index (χ1v) is 21.5. The van der Waals surface area contributed by atoms with Crippen LogP contribution >= 0.6 is 0 Å². The van der Waals surface area contributed by atoms with Crippen LogP contribution in [0, 0.1) is 23.7 Å². The van der Waals surface area contributed by atoms with Crippen LogP contribution in [0.5, 0.6) is 0 Å². The standard InChI is InChI=1S/C43H73N3O15/c1-17-30-43(12)35(46(44)40(51)61-43)23(4)32(49)21(2)19-41(10,52-15)36(60-39-34(56-27(8)47)29(45(13)14)18-22(3)54-39)24(5)33(25(6)38(50)58-30)59-31-20-42(11,53-16)37(26(7)55-31)57-28(9)48/h21-26,29-31,33-37,39H,17-20,44H2,1-16H3/t21-,22-,23+,24+,25-,26?,29+,30-,31?,33+,34-,35-,36-,37?,39+,41-,42?,43-/m1/s1. The Labute approximate surface area is 361 Å². The quantitative estimate of drug-likeness (QED) is 0.143. The normalized spacial score (nSPS) is 44.1. The molecule has 0 aliphatic carbocycles. The number of hydrogen-bond acceptors (Lipinski definition) is 17. The number of carbonyl (C=O) groups excluding carboxylic acids is 5. The van der Waals surface area contributed by atoms with E-state index in [4.69, 9.17) is 53.2 Å². The Morgan fingerprint density at radius 1 is 0.836 bits per heavy atom. The zero-order chi connectivity index (χ0) is 46.1. The molecule has 2 N–H and O–H groups in total. The van der Waals surface area contributed by atoms with E-state index in [2.05, 4.69) is 0 Å². The number of Topliss-reactive ketones (excluding diaryl/α,β-unsaturated/α-hetero) is 1. The highest BCUT2D eigenvalue weighted by Crippen LogP contribution is 2.44. The molecule has 4 aliphatic heterocycles. The molecular weight excluding hydrogens is 798 g/mol. The molecule has 4 fully saturated rings. The van der Waals surface area contributed by atoms with Crippen LogP contribution in [0.15, 0.2) is 0 Å². The fourth-order valence-electron chi connectivity index (χ4n) is 10.3. The van der Waals surface area contributed by atoms with E-state index in [-0.39, 0.29) is 37.2 Å². The molecule has 18 atom stereocenters. The Balaban J connectivity index is 1.93. The SMILES string of the molecule is CC[C@H]1OC(=O)[C@H](C)[C@@H](OC2CC(C)(OC)C(OC(C)=O)C(C)O2)[C@H](C)[C@@H](O[C@@H]2O[C@H](C)C[C@H](N(C)C)[C@H]2OC(C)=O)[C@](C)(OC)C[C@@H](C)C(=O)[C@H](C)[C@H]2N(N)C(=O)O[C@]12C. The molecule has 0 aromatic heterocycles. The van der Waals surface area contributed by atoms with Crippen molar-refractivity contribution in [1.82, 2.24) is 9.91 Å². The van der Waals surface area contributed by atoms with Gasteiger partial charge in [0.1, 0.15) is 23.5 Å². The summed E-state index contributed by atoms with van der Waals surface area (Å²) in [4.78, 5) is 69.2. The highest BCUT2D eigenvalue weighted by molar-refractivity contribution is 5.85. The number of hydrazine groups is 1. The van der Waals surface area contributed by atoms with Gasteiger partial charge in [0.05, 0.1) is 42.0 Å². The third kappa shape index (κ3) is 10.5. The Morgan fingerprint density at radius 2 is 1.43 bits per heavy atom. The fourth-order valence-corrected chi connectivity index (χ4v) is 10.3. The summed E-state index contributed by atoms with van der Waals surface area (Å²) in [5.41, 5.74) is -3.89. The molecule has 18 nitrogen and oxygen atoms in total. The van der Waals surface area contributed by atoms with Crippen molar-refractivity contribution in [3.63, 3.8) is 0 Å². The molecule has 0 saturated carbocycles. The number of fused-ring (bicyclic) bond motifs is 1. The Morgan fingerprint density at radius 3 is 1.97 bits per heavy atom. The molecular formula is C43H73N3O15. The number of ketones is 1. The molecule has 0 aromatic carbocycles. The van der Waals surface area contributed by atoms with Crippen molar-refractivity contribution in [2.75, 3.05) is 28.3 Å². The van der Waals surface area contributed by atoms with Gasteiger partial charge < -0.3 is 52.3 Å². The van der Waals surface area contributed by atoms with Gasteiger partial charge >= 0.3 is 24.0 Å². The van der Waals surface area contributed by atoms with Crippen LogP contribution in [0.1, 0.15) is 109 Å². The van der Waals surface area contributed by atoms with Crippen molar-refractivity contribution >= 4 is 29.8 Å². The van der Waals surface area contributed by atoms with Gasteiger partial charge in [-0.05, 0) is 74.9 Å². The molecule has 4 saturated heterocycles. The first-order chi connectivity index (χ1) is 28.3. The number of likely N-dealkylation sites (N-methyl/N-ethyl adjacent to an activating group) is 1. The monoisotopic (exact) mass is 872 g/mol. The van der Waals surface area contributed by atoms with Crippen molar-refractivity contribution in [2.45, 2.75) is 193 Å². The highest BCUT2D eigenvalue weighted by Gasteiger charge is 2.61. The van der Waals surface area contributed by atoms with Gasteiger partial charge in [-0.3, -0.25) is 19.2 Å². The second-order valence-electron chi connectivity index (χ2n) is 18.5. The van der Waals surface area contributed by atoms with Crippen molar-refractivity contribution in [2.24, 2.45) is 29.5 Å². The number of amides is 1. The molecule has 4 rings (SSSR count). The van der Waals surface area contributed by atoms with E-state index in [0.29, 0.717) is 6.42 Å². The third-order valence-electron chi connectivity index (χ3n) is 13.6. The summed E-state index contributed by atoms with van der Waals surface area (Å²) >= 11 is 0. The first kappa shape index (κ1) is 50.7. The average Bonchev–Trinajstić information content (AvgIpc) is 3.41. The van der Waals surface area contributed by atoms with E-state index in [1.807, 2.05) is 39.8 Å². The Bertz CT molecular complexity index is 1580. The molecule has 18 heteroatoms. The summed E-state index contributed by atoms with van der Waals surface area (Å²) in [5.74, 6) is 0.983. The van der Waals surface area contributed by atoms with E-state index < -0.39 is 120 Å². The fraction of sp³-hybridized carbons (Fsp3) is 0.884. The molecule has 61 heavy (non-hydrogen) atoms. The van der Waals surface area contributed by atoms with E-state index in [9.17, 15) is 24.0 Å². The predicted octanol–water partition coefficient (Wildman–Crippen LogP) is 3.92. The molecule has 0 spiro atoms. The number of nitrogens with zero attached hydrogens (tertiary/aromatic N) is 2. The first-order valence-electron chi connectivity index (χ1n) is 21.5. The van der Waals surface area contributed by atoms with Crippen LogP contribution in [-0.4, -0.2) is 152 Å². The lowest BCUT2D eigenvalue weighted by Gasteiger charge is -2.50. The van der Waals surface area contributed by atoms with Gasteiger partial charge in [0.25, 0.3) is 0 Å². The van der Waals surface area contributed by atoms with Gasteiger partial charge in [-0.25, -0.2) is 15.6 Å². The molecule has 4 unspecified atom stereocenters. The molecule has 0 bridgehead atoms. The minimum Gasteiger partial charge on any atom is -0.458 e. The third-order valence-corrected chi connectivity index (χ3v) is 13.6. The van der Waals surface area contributed by atoms with Crippen molar-refractivity contribution in [3.05, 3.63) is 0 Å². The van der Waals surface area contributed by atoms with Gasteiger partial charge in [-0.1, -0.05) is 27.7 Å². The van der Waals surface area contributed by atoms with Crippen molar-refractivity contribution in [3.8, 4) is 0 Å². The average molecular weight is 872 g/mol. The summed E-state index contributed by atoms with van der Waals surface area (Å²) in [7, 11) is 6.79. The number of esters is 3. The largest absolute Gasteiger partial charge is 0.458 e. The minimum absolute atomic E-state index is 0.0909. The van der Waals surface area contributed by atoms with E-state index >= 15 is 0 Å². The smallest absolute Gasteiger partial charge is 0.425 e. The van der Waals surface area contributed by atoms with E-state index in [0.717, 1.165) is 5.01 Å². The Hall–Kier alpha value is -2.97. The lowest BCUT2D eigenvalue weighted by atomic mass is 9.73. The maximum atomic E-state index is 14.7. The number of hydrogen-bond donors (Lipinski definition) is 1. The van der Waals surface area contributed by atoms with Crippen LogP contribution < -0.4 is 5.84 Å².